The molecule has 0 amide bonds. The molecular weight excluding hydrogens is 1050 g/mol. The second kappa shape index (κ2) is 17.4. The molecule has 0 fully saturated rings. The zero-order valence-electron chi connectivity index (χ0n) is 47.5. The molecule has 0 saturated carbocycles. The Morgan fingerprint density at radius 2 is 0.747 bits per heavy atom. The highest BCUT2D eigenvalue weighted by molar-refractivity contribution is 6.92. The molecule has 0 atom stereocenters. The van der Waals surface area contributed by atoms with Crippen molar-refractivity contribution in [1.82, 2.24) is 18.1 Å². The fourth-order valence-corrected chi connectivity index (χ4v) is 16.4. The molecule has 17 aromatic rings. The Bertz CT molecular complexity index is 5800. The van der Waals surface area contributed by atoms with E-state index < -0.39 is 0 Å². The lowest BCUT2D eigenvalue weighted by atomic mass is 9.42. The number of hydrogen-bond donors (Lipinski definition) is 0. The predicted octanol–water partition coefficient (Wildman–Crippen LogP) is 16.9. The van der Waals surface area contributed by atoms with Crippen molar-refractivity contribution >= 4 is 151 Å². The molecule has 0 unspecified atom stereocenters. The summed E-state index contributed by atoms with van der Waals surface area (Å²) in [5.74, 6) is 0. The Labute approximate surface area is 502 Å². The first kappa shape index (κ1) is 47.2. The lowest BCUT2D eigenvalue weighted by Gasteiger charge is -2.41. The molecule has 0 saturated heterocycles. The monoisotopic (exact) mass is 1100 g/mol. The van der Waals surface area contributed by atoms with Crippen molar-refractivity contribution in [2.24, 2.45) is 0 Å². The summed E-state index contributed by atoms with van der Waals surface area (Å²) in [6, 6.07) is 107. The van der Waals surface area contributed by atoms with Crippen LogP contribution >= 0.6 is 0 Å². The average molecular weight is 1100 g/mol. The van der Waals surface area contributed by atoms with Crippen LogP contribution in [0.25, 0.3) is 121 Å². The van der Waals surface area contributed by atoms with Crippen molar-refractivity contribution in [1.29, 1.82) is 0 Å². The molecule has 3 aliphatic heterocycles. The normalized spacial score (nSPS) is 13.0. The van der Waals surface area contributed by atoms with Crippen molar-refractivity contribution in [3.63, 3.8) is 0 Å². The van der Waals surface area contributed by atoms with Gasteiger partial charge in [-0.05, 0) is 119 Å². The van der Waals surface area contributed by atoms with Gasteiger partial charge >= 0.3 is 13.7 Å². The van der Waals surface area contributed by atoms with Gasteiger partial charge in [-0.1, -0.05) is 200 Å². The molecule has 0 aliphatic carbocycles. The Balaban J connectivity index is 0.969. The minimum atomic E-state index is -0.290. The largest absolute Gasteiger partial charge is 0.375 e. The molecule has 402 valence electrons. The second-order valence-corrected chi connectivity index (χ2v) is 23.9. The number of hydrogen-bond acceptors (Lipinski definition) is 2. The van der Waals surface area contributed by atoms with E-state index in [-0.39, 0.29) is 13.7 Å². The number of rotatable bonds is 6. The van der Waals surface area contributed by atoms with E-state index in [0.717, 1.165) is 28.4 Å². The maximum atomic E-state index is 2.72. The fraction of sp³-hybridized carbons (Fsp3) is 0.0127. The van der Waals surface area contributed by atoms with Gasteiger partial charge < -0.3 is 27.9 Å². The van der Waals surface area contributed by atoms with Crippen LogP contribution in [0.4, 0.5) is 28.4 Å². The first-order chi connectivity index (χ1) is 43.2. The molecule has 8 heteroatoms. The quantitative estimate of drug-likeness (QED) is 0.155. The lowest BCUT2D eigenvalue weighted by molar-refractivity contribution is 1.15. The van der Waals surface area contributed by atoms with Gasteiger partial charge in [0.25, 0.3) is 0 Å². The minimum Gasteiger partial charge on any atom is -0.375 e. The molecule has 87 heavy (non-hydrogen) atoms. The maximum Gasteiger partial charge on any atom is 0.333 e. The summed E-state index contributed by atoms with van der Waals surface area (Å²) < 4.78 is 10.5. The van der Waals surface area contributed by atoms with Gasteiger partial charge in [0.1, 0.15) is 0 Å². The van der Waals surface area contributed by atoms with E-state index in [9.17, 15) is 0 Å². The van der Waals surface area contributed by atoms with Gasteiger partial charge in [0.15, 0.2) is 0 Å². The topological polar surface area (TPSA) is 26.2 Å². The molecule has 7 heterocycles. The number of fused-ring (bicyclic) bond motifs is 19. The van der Waals surface area contributed by atoms with E-state index >= 15 is 0 Å². The van der Waals surface area contributed by atoms with E-state index in [4.69, 9.17) is 0 Å². The number of nitrogens with zero attached hydrogens (tertiary/aromatic N) is 6. The Morgan fingerprint density at radius 1 is 0.310 bits per heavy atom. The van der Waals surface area contributed by atoms with Gasteiger partial charge in [-0.25, -0.2) is 0 Å². The minimum absolute atomic E-state index is 0.222. The fourth-order valence-electron chi connectivity index (χ4n) is 16.4. The van der Waals surface area contributed by atoms with E-state index in [1.165, 1.54) is 143 Å². The van der Waals surface area contributed by atoms with E-state index in [0.29, 0.717) is 0 Å². The van der Waals surface area contributed by atoms with Crippen LogP contribution in [0, 0.1) is 0 Å². The Hall–Kier alpha value is -11.2. The lowest BCUT2D eigenvalue weighted by Crippen LogP contribution is -2.59. The average Bonchev–Trinajstić information content (AvgIpc) is 1.64. The van der Waals surface area contributed by atoms with Crippen LogP contribution in [0.2, 0.25) is 0 Å². The summed E-state index contributed by atoms with van der Waals surface area (Å²) in [7, 11) is 2.29. The number of para-hydroxylation sites is 10. The summed E-state index contributed by atoms with van der Waals surface area (Å²) in [5, 5.41) is 9.98. The van der Waals surface area contributed by atoms with Crippen molar-refractivity contribution in [3.05, 3.63) is 285 Å². The van der Waals surface area contributed by atoms with Crippen molar-refractivity contribution < 1.29 is 0 Å². The molecule has 6 nitrogen and oxygen atoms in total. The van der Waals surface area contributed by atoms with Gasteiger partial charge in [-0.15, -0.1) is 0 Å². The molecule has 4 aromatic heterocycles. The zero-order chi connectivity index (χ0) is 56.8. The molecule has 3 aliphatic rings. The van der Waals surface area contributed by atoms with Gasteiger partial charge in [0, 0.05) is 112 Å². The highest BCUT2D eigenvalue weighted by Gasteiger charge is 2.47. The van der Waals surface area contributed by atoms with Crippen LogP contribution < -0.4 is 31.7 Å². The first-order valence-corrected chi connectivity index (χ1v) is 30.3. The van der Waals surface area contributed by atoms with Crippen molar-refractivity contribution in [2.45, 2.75) is 0 Å². The van der Waals surface area contributed by atoms with E-state index in [2.05, 4.69) is 320 Å². The standard InChI is InChI=1S/C79H50B2N6/c1-82(50-24-6-2-7-25-50)78-72-62(47-64-56-34-14-18-40-67(56)83(76(64)78)51-26-8-3-9-27-51)60-38-22-36-58-54-32-16-20-42-69(54)86(74(58)60)80(72)49-44-45-71-66(46-49)81-73-63(61-39-23-37-59-55-33-17-21-43-70(55)87(81)75(59)61)48-65-57-35-15-19-41-68(57)84(52-28-10-4-11-29-52)77(65)79(73)85(71)53-30-12-5-13-31-53/h2-48H,1H3. The number of benzene rings is 13. The molecular formula is C79H50B2N6. The smallest absolute Gasteiger partial charge is 0.333 e. The van der Waals surface area contributed by atoms with Crippen molar-refractivity contribution in [2.75, 3.05) is 16.8 Å². The predicted molar refractivity (Wildman–Crippen MR) is 368 cm³/mol. The van der Waals surface area contributed by atoms with Gasteiger partial charge in [-0.2, -0.15) is 0 Å². The zero-order valence-corrected chi connectivity index (χ0v) is 47.5. The van der Waals surface area contributed by atoms with Crippen LogP contribution in [0.15, 0.2) is 285 Å². The van der Waals surface area contributed by atoms with Gasteiger partial charge in [0.2, 0.25) is 0 Å². The van der Waals surface area contributed by atoms with Gasteiger partial charge in [-0.3, -0.25) is 0 Å². The van der Waals surface area contributed by atoms with Crippen LogP contribution in [-0.2, 0) is 0 Å². The molecule has 13 aromatic carbocycles. The maximum absolute atomic E-state index is 2.72. The SMILES string of the molecule is CN(c1ccccc1)c1c2c(cc3c4ccccc4n(-c4ccccc4)c13)-c1cccc3c4ccccc4n(c13)B2c1ccc2c(c1)B1c3c(cc4c5ccccc5n(-c5ccccc5)c4c3N2c2ccccc2)-c2cccc3c4ccccc4n1c23. The van der Waals surface area contributed by atoms with Crippen LogP contribution in [-0.4, -0.2) is 38.8 Å². The van der Waals surface area contributed by atoms with Crippen molar-refractivity contribution in [3.8, 4) is 33.6 Å². The van der Waals surface area contributed by atoms with Crippen LogP contribution in [0.3, 0.4) is 0 Å². The Morgan fingerprint density at radius 3 is 1.31 bits per heavy atom. The highest BCUT2D eigenvalue weighted by Crippen LogP contribution is 2.51. The third kappa shape index (κ3) is 6.15. The van der Waals surface area contributed by atoms with E-state index in [1.54, 1.807) is 0 Å². The number of aromatic nitrogens is 4. The molecule has 0 N–H and O–H groups in total. The summed E-state index contributed by atoms with van der Waals surface area (Å²) in [6.07, 6.45) is 0. The van der Waals surface area contributed by atoms with Crippen LogP contribution in [0.5, 0.6) is 0 Å². The Kier molecular flexibility index (Phi) is 9.46. The summed E-state index contributed by atoms with van der Waals surface area (Å²) in [4.78, 5) is 5.11. The molecule has 0 bridgehead atoms. The molecule has 0 radical (unpaired) electrons. The molecule has 0 spiro atoms. The third-order valence-electron chi connectivity index (χ3n) is 19.7. The first-order valence-electron chi connectivity index (χ1n) is 30.3. The summed E-state index contributed by atoms with van der Waals surface area (Å²) in [5.41, 5.74) is 27.8. The summed E-state index contributed by atoms with van der Waals surface area (Å²) in [6.45, 7) is -0.512. The highest BCUT2D eigenvalue weighted by atomic mass is 15.2. The third-order valence-corrected chi connectivity index (χ3v) is 19.7. The van der Waals surface area contributed by atoms with Crippen LogP contribution in [0.1, 0.15) is 0 Å². The second-order valence-electron chi connectivity index (χ2n) is 23.9. The van der Waals surface area contributed by atoms with Gasteiger partial charge in [0.05, 0.1) is 33.4 Å². The van der Waals surface area contributed by atoms with E-state index in [1.807, 2.05) is 0 Å². The number of anilines is 5. The summed E-state index contributed by atoms with van der Waals surface area (Å²) >= 11 is 0. The molecule has 20 rings (SSSR count).